The monoisotopic (exact) mass is 292 g/mol. The average Bonchev–Trinajstić information content (AvgIpc) is 2.35. The Hall–Kier alpha value is -2.07. The van der Waals surface area contributed by atoms with Gasteiger partial charge in [-0.25, -0.2) is 4.39 Å². The molecule has 0 aliphatic rings. The molecule has 0 aliphatic carbocycles. The lowest BCUT2D eigenvalue weighted by Crippen LogP contribution is -2.14. The van der Waals surface area contributed by atoms with Crippen LogP contribution in [0.15, 0.2) is 30.3 Å². The Morgan fingerprint density at radius 2 is 1.90 bits per heavy atom. The molecular weight excluding hydrogens is 279 g/mol. The number of hydrogen-bond donors (Lipinski definition) is 2. The summed E-state index contributed by atoms with van der Waals surface area (Å²) < 4.78 is 13.0. The number of halogens is 2. The van der Waals surface area contributed by atoms with Crippen molar-refractivity contribution in [3.05, 3.63) is 57.9 Å². The molecule has 20 heavy (non-hydrogen) atoms. The maximum atomic E-state index is 13.0. The molecule has 0 aromatic heterocycles. The van der Waals surface area contributed by atoms with Gasteiger partial charge in [0.2, 0.25) is 0 Å². The predicted octanol–water partition coefficient (Wildman–Crippen LogP) is 3.93. The van der Waals surface area contributed by atoms with E-state index in [-0.39, 0.29) is 16.5 Å². The second-order valence-corrected chi connectivity index (χ2v) is 5.01. The van der Waals surface area contributed by atoms with Gasteiger partial charge in [-0.1, -0.05) is 11.6 Å². The number of carbonyl (C=O) groups is 1. The zero-order valence-electron chi connectivity index (χ0n) is 11.1. The van der Waals surface area contributed by atoms with E-state index < -0.39 is 5.82 Å². The fourth-order valence-electron chi connectivity index (χ4n) is 1.84. The first kappa shape index (κ1) is 14.3. The molecule has 0 atom stereocenters. The molecule has 0 bridgehead atoms. The summed E-state index contributed by atoms with van der Waals surface area (Å²) in [4.78, 5) is 12.1. The lowest BCUT2D eigenvalue weighted by Gasteiger charge is -2.12. The van der Waals surface area contributed by atoms with Crippen molar-refractivity contribution in [2.24, 2.45) is 0 Å². The van der Waals surface area contributed by atoms with Gasteiger partial charge in [0.25, 0.3) is 5.91 Å². The van der Waals surface area contributed by atoms with Crippen molar-refractivity contribution in [3.8, 4) is 0 Å². The molecule has 2 rings (SSSR count). The van der Waals surface area contributed by atoms with Crippen LogP contribution in [0.1, 0.15) is 21.5 Å². The maximum absolute atomic E-state index is 13.0. The second-order valence-electron chi connectivity index (χ2n) is 4.60. The van der Waals surface area contributed by atoms with Crippen LogP contribution in [0.4, 0.5) is 15.8 Å². The molecule has 3 N–H and O–H groups in total. The normalized spacial score (nSPS) is 10.4. The second kappa shape index (κ2) is 5.51. The number of nitrogens with one attached hydrogen (secondary N) is 1. The summed E-state index contributed by atoms with van der Waals surface area (Å²) in [6, 6.07) is 7.24. The topological polar surface area (TPSA) is 55.1 Å². The SMILES string of the molecule is Cc1cc(NC(=O)c2ccc(F)cc2Cl)c(C)cc1N. The van der Waals surface area contributed by atoms with Crippen molar-refractivity contribution in [3.63, 3.8) is 0 Å². The van der Waals surface area contributed by atoms with Gasteiger partial charge in [-0.05, 0) is 55.3 Å². The minimum Gasteiger partial charge on any atom is -0.399 e. The minimum atomic E-state index is -0.481. The van der Waals surface area contributed by atoms with E-state index >= 15 is 0 Å². The molecule has 0 aliphatic heterocycles. The summed E-state index contributed by atoms with van der Waals surface area (Å²) in [5, 5.41) is 2.83. The Bertz CT molecular complexity index is 686. The third-order valence-electron chi connectivity index (χ3n) is 3.04. The Labute approximate surface area is 121 Å². The van der Waals surface area contributed by atoms with Crippen LogP contribution in [-0.2, 0) is 0 Å². The molecule has 5 heteroatoms. The third-order valence-corrected chi connectivity index (χ3v) is 3.35. The summed E-state index contributed by atoms with van der Waals surface area (Å²) in [5.41, 5.74) is 9.06. The van der Waals surface area contributed by atoms with Crippen molar-refractivity contribution < 1.29 is 9.18 Å². The van der Waals surface area contributed by atoms with Gasteiger partial charge in [0.05, 0.1) is 10.6 Å². The highest BCUT2D eigenvalue weighted by molar-refractivity contribution is 6.34. The molecule has 0 spiro atoms. The third kappa shape index (κ3) is 2.91. The summed E-state index contributed by atoms with van der Waals surface area (Å²) in [7, 11) is 0. The van der Waals surface area contributed by atoms with Crippen molar-refractivity contribution in [1.82, 2.24) is 0 Å². The molecule has 1 amide bonds. The number of anilines is 2. The number of amides is 1. The van der Waals surface area contributed by atoms with Crippen molar-refractivity contribution >= 4 is 28.9 Å². The Morgan fingerprint density at radius 1 is 1.20 bits per heavy atom. The molecule has 0 heterocycles. The van der Waals surface area contributed by atoms with E-state index in [2.05, 4.69) is 5.32 Å². The van der Waals surface area contributed by atoms with Crippen molar-refractivity contribution in [1.29, 1.82) is 0 Å². The van der Waals surface area contributed by atoms with E-state index in [9.17, 15) is 9.18 Å². The van der Waals surface area contributed by atoms with Crippen LogP contribution in [0.2, 0.25) is 5.02 Å². The van der Waals surface area contributed by atoms with E-state index in [1.54, 1.807) is 12.1 Å². The molecule has 3 nitrogen and oxygen atoms in total. The van der Waals surface area contributed by atoms with Gasteiger partial charge in [0.15, 0.2) is 0 Å². The van der Waals surface area contributed by atoms with Crippen molar-refractivity contribution in [2.75, 3.05) is 11.1 Å². The quantitative estimate of drug-likeness (QED) is 0.824. The summed E-state index contributed by atoms with van der Waals surface area (Å²) in [6.45, 7) is 3.70. The van der Waals surface area contributed by atoms with Gasteiger partial charge in [-0.3, -0.25) is 4.79 Å². The largest absolute Gasteiger partial charge is 0.399 e. The highest BCUT2D eigenvalue weighted by atomic mass is 35.5. The first-order valence-corrected chi connectivity index (χ1v) is 6.39. The van der Waals surface area contributed by atoms with Crippen molar-refractivity contribution in [2.45, 2.75) is 13.8 Å². The van der Waals surface area contributed by atoms with E-state index in [0.717, 1.165) is 17.2 Å². The molecule has 0 saturated carbocycles. The Kier molecular flexibility index (Phi) is 3.95. The Morgan fingerprint density at radius 3 is 2.55 bits per heavy atom. The summed E-state index contributed by atoms with van der Waals surface area (Å²) in [5.74, 6) is -0.867. The van der Waals surface area contributed by atoms with Crippen LogP contribution in [0.25, 0.3) is 0 Å². The molecule has 0 radical (unpaired) electrons. The molecule has 104 valence electrons. The number of nitrogens with two attached hydrogens (primary N) is 1. The Balaban J connectivity index is 2.30. The number of hydrogen-bond acceptors (Lipinski definition) is 2. The van der Waals surface area contributed by atoms with Gasteiger partial charge in [0.1, 0.15) is 5.82 Å². The van der Waals surface area contributed by atoms with E-state index in [4.69, 9.17) is 17.3 Å². The first-order valence-electron chi connectivity index (χ1n) is 6.01. The average molecular weight is 293 g/mol. The zero-order chi connectivity index (χ0) is 14.9. The molecule has 0 saturated heterocycles. The first-order chi connectivity index (χ1) is 9.38. The molecule has 2 aromatic carbocycles. The van der Waals surface area contributed by atoms with Gasteiger partial charge < -0.3 is 11.1 Å². The van der Waals surface area contributed by atoms with Gasteiger partial charge >= 0.3 is 0 Å². The minimum absolute atomic E-state index is 0.0762. The predicted molar refractivity (Wildman–Crippen MR) is 79.7 cm³/mol. The van der Waals surface area contributed by atoms with Crippen LogP contribution in [0, 0.1) is 19.7 Å². The molecular formula is C15H14ClFN2O. The zero-order valence-corrected chi connectivity index (χ0v) is 11.9. The number of aryl methyl sites for hydroxylation is 2. The van der Waals surface area contributed by atoms with Gasteiger partial charge in [0, 0.05) is 11.4 Å². The van der Waals surface area contributed by atoms with Crippen LogP contribution < -0.4 is 11.1 Å². The number of benzene rings is 2. The highest BCUT2D eigenvalue weighted by Crippen LogP contribution is 2.24. The smallest absolute Gasteiger partial charge is 0.257 e. The number of rotatable bonds is 2. The van der Waals surface area contributed by atoms with Crippen LogP contribution in [-0.4, -0.2) is 5.91 Å². The lowest BCUT2D eigenvalue weighted by molar-refractivity contribution is 0.102. The van der Waals surface area contributed by atoms with Gasteiger partial charge in [-0.15, -0.1) is 0 Å². The number of carbonyl (C=O) groups excluding carboxylic acids is 1. The fourth-order valence-corrected chi connectivity index (χ4v) is 2.09. The molecule has 2 aromatic rings. The standard InChI is InChI=1S/C15H14ClFN2O/c1-8-6-14(9(2)5-13(8)18)19-15(20)11-4-3-10(17)7-12(11)16/h3-7H,18H2,1-2H3,(H,19,20). The fraction of sp³-hybridized carbons (Fsp3) is 0.133. The van der Waals surface area contributed by atoms with Crippen LogP contribution in [0.5, 0.6) is 0 Å². The van der Waals surface area contributed by atoms with E-state index in [1.165, 1.54) is 12.1 Å². The highest BCUT2D eigenvalue weighted by Gasteiger charge is 2.13. The summed E-state index contributed by atoms with van der Waals surface area (Å²) in [6.07, 6.45) is 0. The molecule has 0 fully saturated rings. The van der Waals surface area contributed by atoms with E-state index in [1.807, 2.05) is 13.8 Å². The van der Waals surface area contributed by atoms with Crippen LogP contribution >= 0.6 is 11.6 Å². The van der Waals surface area contributed by atoms with Gasteiger partial charge in [-0.2, -0.15) is 0 Å². The maximum Gasteiger partial charge on any atom is 0.257 e. The van der Waals surface area contributed by atoms with E-state index in [0.29, 0.717) is 11.4 Å². The van der Waals surface area contributed by atoms with Crippen LogP contribution in [0.3, 0.4) is 0 Å². The molecule has 0 unspecified atom stereocenters. The number of nitrogen functional groups attached to an aromatic ring is 1. The summed E-state index contributed by atoms with van der Waals surface area (Å²) >= 11 is 5.87. The lowest BCUT2D eigenvalue weighted by atomic mass is 10.1.